The van der Waals surface area contributed by atoms with Gasteiger partial charge in [-0.05, 0) is 13.3 Å². The predicted octanol–water partition coefficient (Wildman–Crippen LogP) is -4.11. The Morgan fingerprint density at radius 3 is 1.96 bits per heavy atom. The van der Waals surface area contributed by atoms with Crippen molar-refractivity contribution in [2.24, 2.45) is 17.2 Å². The summed E-state index contributed by atoms with van der Waals surface area (Å²) in [6, 6.07) is -4.30. The van der Waals surface area contributed by atoms with Crippen molar-refractivity contribution in [1.82, 2.24) is 10.6 Å². The summed E-state index contributed by atoms with van der Waals surface area (Å²) in [5.41, 5.74) is 15.4. The van der Waals surface area contributed by atoms with Crippen molar-refractivity contribution in [3.63, 3.8) is 0 Å². The normalized spacial score (nSPS) is 15.3. The fraction of sp³-hybridized carbons (Fsp3) is 0.615. The molecular formula is C13H23N5O7. The van der Waals surface area contributed by atoms with Crippen LogP contribution in [0, 0.1) is 0 Å². The molecule has 0 rings (SSSR count). The molecule has 12 nitrogen and oxygen atoms in total. The highest BCUT2D eigenvalue weighted by atomic mass is 16.4. The number of carboxylic acids is 1. The number of carbonyl (C=O) groups is 5. The molecule has 25 heavy (non-hydrogen) atoms. The third-order valence-corrected chi connectivity index (χ3v) is 3.12. The van der Waals surface area contributed by atoms with Crippen LogP contribution in [0.5, 0.6) is 0 Å². The van der Waals surface area contributed by atoms with Gasteiger partial charge in [0, 0.05) is 6.42 Å². The number of rotatable bonds is 11. The lowest BCUT2D eigenvalue weighted by Gasteiger charge is -2.23. The maximum Gasteiger partial charge on any atom is 0.328 e. The van der Waals surface area contributed by atoms with Crippen LogP contribution < -0.4 is 27.8 Å². The standard InChI is InChI=1S/C13H23N5O7/c1-5(19)10(13(24)25)18-12(23)7(2-3-8(15)20)17-11(22)6(14)4-9(16)21/h5-7,10,19H,2-4,14H2,1H3,(H2,15,20)(H2,16,21)(H,17,22)(H,18,23)(H,24,25)/t5-,6+,7+,10+/m1/s1. The number of aliphatic hydroxyl groups is 1. The second-order valence-electron chi connectivity index (χ2n) is 5.41. The number of nitrogens with two attached hydrogens (primary N) is 3. The molecule has 4 atom stereocenters. The van der Waals surface area contributed by atoms with Gasteiger partial charge in [0.15, 0.2) is 6.04 Å². The average molecular weight is 361 g/mol. The van der Waals surface area contributed by atoms with Crippen LogP contribution in [0.15, 0.2) is 0 Å². The molecule has 0 aromatic rings. The zero-order valence-electron chi connectivity index (χ0n) is 13.6. The molecule has 0 heterocycles. The molecule has 0 unspecified atom stereocenters. The van der Waals surface area contributed by atoms with Crippen molar-refractivity contribution in [3.8, 4) is 0 Å². The summed E-state index contributed by atoms with van der Waals surface area (Å²) in [5.74, 6) is -4.94. The summed E-state index contributed by atoms with van der Waals surface area (Å²) in [4.78, 5) is 56.7. The van der Waals surface area contributed by atoms with Gasteiger partial charge in [-0.2, -0.15) is 0 Å². The van der Waals surface area contributed by atoms with Crippen molar-refractivity contribution < 1.29 is 34.2 Å². The summed E-state index contributed by atoms with van der Waals surface area (Å²) in [7, 11) is 0. The Bertz CT molecular complexity index is 537. The first-order valence-electron chi connectivity index (χ1n) is 7.29. The molecule has 4 amide bonds. The van der Waals surface area contributed by atoms with Gasteiger partial charge in [0.1, 0.15) is 6.04 Å². The summed E-state index contributed by atoms with van der Waals surface area (Å²) < 4.78 is 0. The van der Waals surface area contributed by atoms with Crippen LogP contribution in [-0.2, 0) is 24.0 Å². The van der Waals surface area contributed by atoms with E-state index in [1.54, 1.807) is 0 Å². The first kappa shape index (κ1) is 22.3. The van der Waals surface area contributed by atoms with Gasteiger partial charge in [0.05, 0.1) is 18.6 Å². The van der Waals surface area contributed by atoms with Crippen molar-refractivity contribution >= 4 is 29.6 Å². The summed E-state index contributed by atoms with van der Waals surface area (Å²) in [5, 5.41) is 22.6. The second kappa shape index (κ2) is 10.2. The van der Waals surface area contributed by atoms with Crippen molar-refractivity contribution in [2.75, 3.05) is 0 Å². The number of primary amides is 2. The molecular weight excluding hydrogens is 338 g/mol. The Morgan fingerprint density at radius 1 is 1.00 bits per heavy atom. The van der Waals surface area contributed by atoms with Crippen LogP contribution >= 0.6 is 0 Å². The average Bonchev–Trinajstić information content (AvgIpc) is 2.46. The van der Waals surface area contributed by atoms with E-state index in [4.69, 9.17) is 22.3 Å². The summed E-state index contributed by atoms with van der Waals surface area (Å²) in [6.45, 7) is 1.15. The first-order chi connectivity index (χ1) is 11.5. The van der Waals surface area contributed by atoms with E-state index in [0.29, 0.717) is 0 Å². The van der Waals surface area contributed by atoms with Gasteiger partial charge in [-0.15, -0.1) is 0 Å². The van der Waals surface area contributed by atoms with Crippen LogP contribution in [0.25, 0.3) is 0 Å². The maximum absolute atomic E-state index is 12.2. The number of nitrogens with one attached hydrogen (secondary N) is 2. The van der Waals surface area contributed by atoms with Gasteiger partial charge in [0.2, 0.25) is 23.6 Å². The Hall–Kier alpha value is -2.73. The lowest BCUT2D eigenvalue weighted by atomic mass is 10.1. The Morgan fingerprint density at radius 2 is 1.56 bits per heavy atom. The minimum atomic E-state index is -1.63. The number of aliphatic carboxylic acids is 1. The van der Waals surface area contributed by atoms with Gasteiger partial charge in [-0.3, -0.25) is 19.2 Å². The van der Waals surface area contributed by atoms with Gasteiger partial charge >= 0.3 is 5.97 Å². The second-order valence-corrected chi connectivity index (χ2v) is 5.41. The summed E-state index contributed by atoms with van der Waals surface area (Å²) >= 11 is 0. The molecule has 0 bridgehead atoms. The van der Waals surface area contributed by atoms with E-state index in [1.807, 2.05) is 5.32 Å². The number of carbonyl (C=O) groups excluding carboxylic acids is 4. The van der Waals surface area contributed by atoms with Crippen LogP contribution in [0.2, 0.25) is 0 Å². The quantitative estimate of drug-likeness (QED) is 0.191. The molecule has 0 aromatic heterocycles. The molecule has 10 N–H and O–H groups in total. The number of aliphatic hydroxyl groups excluding tert-OH is 1. The highest BCUT2D eigenvalue weighted by molar-refractivity contribution is 5.93. The predicted molar refractivity (Wildman–Crippen MR) is 83.4 cm³/mol. The van der Waals surface area contributed by atoms with E-state index >= 15 is 0 Å². The van der Waals surface area contributed by atoms with Crippen molar-refractivity contribution in [2.45, 2.75) is 50.4 Å². The topological polar surface area (TPSA) is 228 Å². The van der Waals surface area contributed by atoms with Gasteiger partial charge in [-0.1, -0.05) is 0 Å². The van der Waals surface area contributed by atoms with Gasteiger partial charge in [-0.25, -0.2) is 4.79 Å². The fourth-order valence-corrected chi connectivity index (χ4v) is 1.79. The minimum absolute atomic E-state index is 0.234. The Kier molecular flexibility index (Phi) is 9.09. The molecule has 0 radical (unpaired) electrons. The van der Waals surface area contributed by atoms with Crippen LogP contribution in [0.4, 0.5) is 0 Å². The molecule has 0 aliphatic heterocycles. The summed E-state index contributed by atoms with van der Waals surface area (Å²) in [6.07, 6.45) is -2.40. The van der Waals surface area contributed by atoms with Crippen molar-refractivity contribution in [1.29, 1.82) is 0 Å². The SMILES string of the molecule is C[C@@H](O)[C@H](NC(=O)[C@H](CCC(N)=O)NC(=O)[C@@H](N)CC(N)=O)C(=O)O. The van der Waals surface area contributed by atoms with E-state index in [-0.39, 0.29) is 12.8 Å². The van der Waals surface area contributed by atoms with Crippen LogP contribution in [0.3, 0.4) is 0 Å². The molecule has 142 valence electrons. The maximum atomic E-state index is 12.2. The number of amides is 4. The smallest absolute Gasteiger partial charge is 0.328 e. The molecule has 0 aliphatic carbocycles. The van der Waals surface area contributed by atoms with Crippen molar-refractivity contribution in [3.05, 3.63) is 0 Å². The minimum Gasteiger partial charge on any atom is -0.480 e. The molecule has 0 spiro atoms. The molecule has 0 aliphatic rings. The highest BCUT2D eigenvalue weighted by Crippen LogP contribution is 2.02. The number of hydrogen-bond acceptors (Lipinski definition) is 7. The van der Waals surface area contributed by atoms with E-state index in [0.717, 1.165) is 6.92 Å². The highest BCUT2D eigenvalue weighted by Gasteiger charge is 2.30. The van der Waals surface area contributed by atoms with Gasteiger partial charge in [0.25, 0.3) is 0 Å². The lowest BCUT2D eigenvalue weighted by Crippen LogP contribution is -2.56. The molecule has 0 saturated heterocycles. The molecule has 0 saturated carbocycles. The fourth-order valence-electron chi connectivity index (χ4n) is 1.79. The van der Waals surface area contributed by atoms with Crippen LogP contribution in [-0.4, -0.2) is 64.0 Å². The monoisotopic (exact) mass is 361 g/mol. The molecule has 0 aromatic carbocycles. The zero-order valence-corrected chi connectivity index (χ0v) is 13.6. The third kappa shape index (κ3) is 8.62. The van der Waals surface area contributed by atoms with Crippen LogP contribution in [0.1, 0.15) is 26.2 Å². The lowest BCUT2D eigenvalue weighted by molar-refractivity contribution is -0.145. The number of carboxylic acid groups (broad SMARTS) is 1. The van der Waals surface area contributed by atoms with E-state index < -0.39 is 60.2 Å². The van der Waals surface area contributed by atoms with E-state index in [2.05, 4.69) is 5.32 Å². The Balaban J connectivity index is 5.10. The zero-order chi connectivity index (χ0) is 19.7. The largest absolute Gasteiger partial charge is 0.480 e. The Labute approximate surface area is 143 Å². The van der Waals surface area contributed by atoms with E-state index in [9.17, 15) is 29.1 Å². The first-order valence-corrected chi connectivity index (χ1v) is 7.29. The molecule has 12 heteroatoms. The van der Waals surface area contributed by atoms with Gasteiger partial charge < -0.3 is 38.0 Å². The number of hydrogen-bond donors (Lipinski definition) is 7. The molecule has 0 fully saturated rings. The van der Waals surface area contributed by atoms with E-state index in [1.165, 1.54) is 0 Å². The third-order valence-electron chi connectivity index (χ3n) is 3.12.